The van der Waals surface area contributed by atoms with Gasteiger partial charge >= 0.3 is 6.18 Å². The second-order valence-corrected chi connectivity index (χ2v) is 4.30. The summed E-state index contributed by atoms with van der Waals surface area (Å²) in [5, 5.41) is 0. The summed E-state index contributed by atoms with van der Waals surface area (Å²) in [5.41, 5.74) is -0.826. The number of methoxy groups -OCH3 is 1. The number of halogens is 3. The van der Waals surface area contributed by atoms with E-state index < -0.39 is 17.8 Å². The van der Waals surface area contributed by atoms with Crippen LogP contribution in [0.5, 0.6) is 5.75 Å². The Morgan fingerprint density at radius 3 is 2.68 bits per heavy atom. The van der Waals surface area contributed by atoms with Gasteiger partial charge in [-0.15, -0.1) is 0 Å². The fraction of sp³-hybridized carbons (Fsp3) is 0.462. The number of ketones is 1. The van der Waals surface area contributed by atoms with E-state index in [2.05, 4.69) is 0 Å². The van der Waals surface area contributed by atoms with Crippen LogP contribution in [0.3, 0.4) is 0 Å². The number of benzene rings is 1. The highest BCUT2D eigenvalue weighted by Gasteiger charge is 2.37. The van der Waals surface area contributed by atoms with Gasteiger partial charge in [-0.1, -0.05) is 0 Å². The number of rotatable bonds is 2. The molecule has 1 atom stereocenters. The van der Waals surface area contributed by atoms with E-state index in [4.69, 9.17) is 9.47 Å². The van der Waals surface area contributed by atoms with E-state index >= 15 is 0 Å². The number of hydrogen-bond acceptors (Lipinski definition) is 3. The zero-order valence-electron chi connectivity index (χ0n) is 10.3. The second-order valence-electron chi connectivity index (χ2n) is 4.30. The van der Waals surface area contributed by atoms with Crippen LogP contribution in [0.1, 0.15) is 30.1 Å². The molecule has 0 amide bonds. The van der Waals surface area contributed by atoms with Gasteiger partial charge in [-0.2, -0.15) is 13.2 Å². The molecule has 2 rings (SSSR count). The molecule has 1 saturated heterocycles. The van der Waals surface area contributed by atoms with E-state index in [0.717, 1.165) is 6.07 Å². The second kappa shape index (κ2) is 5.21. The molecule has 0 aliphatic carbocycles. The van der Waals surface area contributed by atoms with Crippen molar-refractivity contribution in [1.29, 1.82) is 0 Å². The Morgan fingerprint density at radius 2 is 2.11 bits per heavy atom. The number of carbonyl (C=O) groups excluding carboxylic acids is 1. The molecule has 1 unspecified atom stereocenters. The molecular formula is C13H13F3O3. The van der Waals surface area contributed by atoms with Gasteiger partial charge in [0, 0.05) is 12.8 Å². The van der Waals surface area contributed by atoms with Crippen molar-refractivity contribution in [2.75, 3.05) is 13.7 Å². The molecule has 0 spiro atoms. The summed E-state index contributed by atoms with van der Waals surface area (Å²) in [4.78, 5) is 11.4. The Labute approximate surface area is 108 Å². The van der Waals surface area contributed by atoms with E-state index in [-0.39, 0.29) is 30.8 Å². The molecule has 0 aromatic heterocycles. The van der Waals surface area contributed by atoms with Crippen LogP contribution < -0.4 is 4.74 Å². The molecule has 104 valence electrons. The topological polar surface area (TPSA) is 35.5 Å². The van der Waals surface area contributed by atoms with Gasteiger partial charge in [0.1, 0.15) is 11.5 Å². The van der Waals surface area contributed by atoms with E-state index in [9.17, 15) is 18.0 Å². The first-order valence-electron chi connectivity index (χ1n) is 5.80. The fourth-order valence-electron chi connectivity index (χ4n) is 2.07. The third kappa shape index (κ3) is 3.07. The Bertz CT molecular complexity index is 483. The summed E-state index contributed by atoms with van der Waals surface area (Å²) in [6, 6.07) is 3.49. The van der Waals surface area contributed by atoms with Gasteiger partial charge < -0.3 is 9.47 Å². The van der Waals surface area contributed by atoms with Crippen molar-refractivity contribution >= 4 is 5.78 Å². The number of hydrogen-bond donors (Lipinski definition) is 0. The highest BCUT2D eigenvalue weighted by molar-refractivity contribution is 5.79. The molecule has 0 radical (unpaired) electrons. The standard InChI is InChI=1S/C13H13F3O3/c1-18-9-2-3-11(13(14,15)16)10(7-9)12-6-8(17)4-5-19-12/h2-3,7,12H,4-6H2,1H3. The quantitative estimate of drug-likeness (QED) is 0.831. The van der Waals surface area contributed by atoms with Gasteiger partial charge in [-0.25, -0.2) is 0 Å². The number of Topliss-reactive ketones (excluding diaryl/α,β-unsaturated/α-hetero) is 1. The third-order valence-corrected chi connectivity index (χ3v) is 3.02. The molecular weight excluding hydrogens is 261 g/mol. The Balaban J connectivity index is 2.43. The number of ether oxygens (including phenoxy) is 2. The van der Waals surface area contributed by atoms with E-state index in [1.165, 1.54) is 19.2 Å². The van der Waals surface area contributed by atoms with Gasteiger partial charge in [0.25, 0.3) is 0 Å². The van der Waals surface area contributed by atoms with Crippen molar-refractivity contribution in [3.63, 3.8) is 0 Å². The van der Waals surface area contributed by atoms with Crippen molar-refractivity contribution in [3.05, 3.63) is 29.3 Å². The number of carbonyl (C=O) groups is 1. The maximum Gasteiger partial charge on any atom is 0.416 e. The van der Waals surface area contributed by atoms with Crippen LogP contribution >= 0.6 is 0 Å². The molecule has 1 aliphatic heterocycles. The van der Waals surface area contributed by atoms with Gasteiger partial charge in [0.05, 0.1) is 25.4 Å². The summed E-state index contributed by atoms with van der Waals surface area (Å²) in [6.45, 7) is 0.151. The van der Waals surface area contributed by atoms with Crippen molar-refractivity contribution in [3.8, 4) is 5.75 Å². The Morgan fingerprint density at radius 1 is 1.37 bits per heavy atom. The largest absolute Gasteiger partial charge is 0.497 e. The molecule has 6 heteroatoms. The molecule has 19 heavy (non-hydrogen) atoms. The summed E-state index contributed by atoms with van der Waals surface area (Å²) in [5.74, 6) is 0.219. The normalized spacial score (nSPS) is 20.4. The zero-order valence-corrected chi connectivity index (χ0v) is 10.3. The lowest BCUT2D eigenvalue weighted by atomic mass is 9.95. The van der Waals surface area contributed by atoms with Crippen molar-refractivity contribution in [2.24, 2.45) is 0 Å². The summed E-state index contributed by atoms with van der Waals surface area (Å²) in [7, 11) is 1.37. The van der Waals surface area contributed by atoms with Crippen LogP contribution in [0.2, 0.25) is 0 Å². The minimum absolute atomic E-state index is 0.0315. The first-order chi connectivity index (χ1) is 8.91. The van der Waals surface area contributed by atoms with Crippen molar-refractivity contribution in [2.45, 2.75) is 25.1 Å². The molecule has 1 fully saturated rings. The maximum atomic E-state index is 13.0. The minimum atomic E-state index is -4.48. The van der Waals surface area contributed by atoms with Gasteiger partial charge in [-0.3, -0.25) is 4.79 Å². The van der Waals surface area contributed by atoms with Gasteiger partial charge in [-0.05, 0) is 23.8 Å². The third-order valence-electron chi connectivity index (χ3n) is 3.02. The van der Waals surface area contributed by atoms with Crippen LogP contribution in [-0.4, -0.2) is 19.5 Å². The highest BCUT2D eigenvalue weighted by Crippen LogP contribution is 2.39. The van der Waals surface area contributed by atoms with Gasteiger partial charge in [0.2, 0.25) is 0 Å². The van der Waals surface area contributed by atoms with Crippen LogP contribution in [-0.2, 0) is 15.7 Å². The van der Waals surface area contributed by atoms with Crippen LogP contribution in [0.25, 0.3) is 0 Å². The van der Waals surface area contributed by atoms with Crippen LogP contribution in [0, 0.1) is 0 Å². The summed E-state index contributed by atoms with van der Waals surface area (Å²) >= 11 is 0. The summed E-state index contributed by atoms with van der Waals surface area (Å²) in [6.07, 6.45) is -5.11. The minimum Gasteiger partial charge on any atom is -0.497 e. The first-order valence-corrected chi connectivity index (χ1v) is 5.80. The lowest BCUT2D eigenvalue weighted by molar-refractivity contribution is -0.142. The monoisotopic (exact) mass is 274 g/mol. The average Bonchev–Trinajstić information content (AvgIpc) is 2.37. The Hall–Kier alpha value is -1.56. The number of alkyl halides is 3. The molecule has 1 aliphatic rings. The molecule has 1 aromatic carbocycles. The van der Waals surface area contributed by atoms with Crippen molar-refractivity contribution < 1.29 is 27.4 Å². The lowest BCUT2D eigenvalue weighted by Gasteiger charge is -2.25. The zero-order chi connectivity index (χ0) is 14.0. The SMILES string of the molecule is COc1ccc(C(F)(F)F)c(C2CC(=O)CCO2)c1. The van der Waals surface area contributed by atoms with Crippen molar-refractivity contribution in [1.82, 2.24) is 0 Å². The van der Waals surface area contributed by atoms with E-state index in [1.807, 2.05) is 0 Å². The first kappa shape index (κ1) is 13.9. The van der Waals surface area contributed by atoms with Crippen LogP contribution in [0.15, 0.2) is 18.2 Å². The van der Waals surface area contributed by atoms with Crippen LogP contribution in [0.4, 0.5) is 13.2 Å². The lowest BCUT2D eigenvalue weighted by Crippen LogP contribution is -2.22. The van der Waals surface area contributed by atoms with E-state index in [0.29, 0.717) is 5.75 Å². The molecule has 3 nitrogen and oxygen atoms in total. The Kier molecular flexibility index (Phi) is 3.80. The molecule has 1 aromatic rings. The molecule has 0 saturated carbocycles. The highest BCUT2D eigenvalue weighted by atomic mass is 19.4. The predicted octanol–water partition coefficient (Wildman–Crippen LogP) is 3.13. The van der Waals surface area contributed by atoms with Gasteiger partial charge in [0.15, 0.2) is 0 Å². The maximum absolute atomic E-state index is 13.0. The molecule has 0 N–H and O–H groups in total. The smallest absolute Gasteiger partial charge is 0.416 e. The predicted molar refractivity (Wildman–Crippen MR) is 60.9 cm³/mol. The average molecular weight is 274 g/mol. The molecule has 1 heterocycles. The summed E-state index contributed by atoms with van der Waals surface area (Å²) < 4.78 is 49.1. The molecule has 0 bridgehead atoms. The van der Waals surface area contributed by atoms with E-state index in [1.54, 1.807) is 0 Å². The fourth-order valence-corrected chi connectivity index (χ4v) is 2.07.